The molecule has 0 aliphatic heterocycles. The second-order valence-electron chi connectivity index (χ2n) is 4.56. The Morgan fingerprint density at radius 3 is 2.50 bits per heavy atom. The van der Waals surface area contributed by atoms with E-state index in [0.717, 1.165) is 0 Å². The number of methoxy groups -OCH3 is 1. The van der Waals surface area contributed by atoms with Crippen LogP contribution in [0.25, 0.3) is 0 Å². The van der Waals surface area contributed by atoms with Crippen LogP contribution in [0.1, 0.15) is 10.4 Å². The molecule has 0 atom stereocenters. The second-order valence-corrected chi connectivity index (χ2v) is 5.40. The Bertz CT molecular complexity index is 796. The SMILES string of the molecule is COc1ccc(NC(=S)NC(=O)c2ccc(Cl)cc2)c([N+](=O)[O-])c1. The molecule has 2 N–H and O–H groups in total. The molecule has 0 radical (unpaired) electrons. The minimum atomic E-state index is -0.575. The summed E-state index contributed by atoms with van der Waals surface area (Å²) in [5.74, 6) is -0.122. The lowest BCUT2D eigenvalue weighted by Gasteiger charge is -2.10. The van der Waals surface area contributed by atoms with Crippen LogP contribution in [0.5, 0.6) is 5.75 Å². The van der Waals surface area contributed by atoms with Crippen LogP contribution in [0.4, 0.5) is 11.4 Å². The molecule has 0 saturated heterocycles. The van der Waals surface area contributed by atoms with Crippen molar-refractivity contribution in [3.05, 3.63) is 63.2 Å². The third-order valence-corrected chi connectivity index (χ3v) is 3.44. The van der Waals surface area contributed by atoms with E-state index in [1.165, 1.54) is 31.4 Å². The van der Waals surface area contributed by atoms with Crippen molar-refractivity contribution >= 4 is 46.2 Å². The van der Waals surface area contributed by atoms with Crippen molar-refractivity contribution in [2.45, 2.75) is 0 Å². The summed E-state index contributed by atoms with van der Waals surface area (Å²) in [6, 6.07) is 10.5. The van der Waals surface area contributed by atoms with E-state index in [4.69, 9.17) is 28.6 Å². The van der Waals surface area contributed by atoms with Gasteiger partial charge in [0.2, 0.25) is 0 Å². The molecule has 0 saturated carbocycles. The number of hydrogen-bond acceptors (Lipinski definition) is 5. The van der Waals surface area contributed by atoms with Gasteiger partial charge in [-0.25, -0.2) is 0 Å². The molecule has 0 fully saturated rings. The van der Waals surface area contributed by atoms with Gasteiger partial charge in [-0.1, -0.05) is 11.6 Å². The van der Waals surface area contributed by atoms with Gasteiger partial charge in [0, 0.05) is 10.6 Å². The number of carbonyl (C=O) groups excluding carboxylic acids is 1. The highest BCUT2D eigenvalue weighted by Crippen LogP contribution is 2.28. The van der Waals surface area contributed by atoms with Crippen LogP contribution in [-0.4, -0.2) is 23.1 Å². The molecular weight excluding hydrogens is 354 g/mol. The van der Waals surface area contributed by atoms with Crippen molar-refractivity contribution in [3.63, 3.8) is 0 Å². The number of rotatable bonds is 4. The Morgan fingerprint density at radius 1 is 1.25 bits per heavy atom. The molecule has 2 rings (SSSR count). The molecule has 1 amide bonds. The molecule has 9 heteroatoms. The van der Waals surface area contributed by atoms with Gasteiger partial charge < -0.3 is 10.1 Å². The molecule has 7 nitrogen and oxygen atoms in total. The Kier molecular flexibility index (Phi) is 5.67. The average molecular weight is 366 g/mol. The fraction of sp³-hybridized carbons (Fsp3) is 0.0667. The maximum atomic E-state index is 12.0. The lowest BCUT2D eigenvalue weighted by atomic mass is 10.2. The lowest BCUT2D eigenvalue weighted by Crippen LogP contribution is -2.34. The summed E-state index contributed by atoms with van der Waals surface area (Å²) in [6.07, 6.45) is 0. The number of nitro benzene ring substituents is 1. The number of anilines is 1. The largest absolute Gasteiger partial charge is 0.496 e. The third-order valence-electron chi connectivity index (χ3n) is 2.98. The number of thiocarbonyl (C=S) groups is 1. The van der Waals surface area contributed by atoms with Gasteiger partial charge >= 0.3 is 0 Å². The minimum Gasteiger partial charge on any atom is -0.496 e. The molecule has 0 aromatic heterocycles. The Balaban J connectivity index is 2.10. The van der Waals surface area contributed by atoms with Gasteiger partial charge in [-0.3, -0.25) is 20.2 Å². The first kappa shape index (κ1) is 17.6. The predicted octanol–water partition coefficient (Wildman–Crippen LogP) is 3.38. The van der Waals surface area contributed by atoms with Crippen LogP contribution in [0.3, 0.4) is 0 Å². The van der Waals surface area contributed by atoms with Crippen LogP contribution in [0.15, 0.2) is 42.5 Å². The van der Waals surface area contributed by atoms with E-state index >= 15 is 0 Å². The predicted molar refractivity (Wildman–Crippen MR) is 94.8 cm³/mol. The van der Waals surface area contributed by atoms with Gasteiger partial charge in [0.1, 0.15) is 11.4 Å². The molecule has 124 valence electrons. The summed E-state index contributed by atoms with van der Waals surface area (Å²) in [5.41, 5.74) is 0.271. The van der Waals surface area contributed by atoms with Gasteiger partial charge in [0.25, 0.3) is 11.6 Å². The number of nitrogens with zero attached hydrogens (tertiary/aromatic N) is 1. The van der Waals surface area contributed by atoms with Gasteiger partial charge in [0.05, 0.1) is 18.1 Å². The second kappa shape index (κ2) is 7.71. The summed E-state index contributed by atoms with van der Waals surface area (Å²) >= 11 is 10.8. The van der Waals surface area contributed by atoms with Crippen molar-refractivity contribution in [2.24, 2.45) is 0 Å². The Morgan fingerprint density at radius 2 is 1.92 bits per heavy atom. The van der Waals surface area contributed by atoms with E-state index in [-0.39, 0.29) is 16.5 Å². The molecule has 0 bridgehead atoms. The molecule has 2 aromatic carbocycles. The van der Waals surface area contributed by atoms with Crippen LogP contribution in [0.2, 0.25) is 5.02 Å². The summed E-state index contributed by atoms with van der Waals surface area (Å²) in [6.45, 7) is 0. The van der Waals surface area contributed by atoms with Crippen LogP contribution < -0.4 is 15.4 Å². The quantitative estimate of drug-likeness (QED) is 0.490. The first-order valence-electron chi connectivity index (χ1n) is 6.61. The maximum absolute atomic E-state index is 12.0. The number of halogens is 1. The molecule has 0 heterocycles. The van der Waals surface area contributed by atoms with Crippen LogP contribution >= 0.6 is 23.8 Å². The number of nitrogens with one attached hydrogen (secondary N) is 2. The number of carbonyl (C=O) groups is 1. The fourth-order valence-corrected chi connectivity index (χ4v) is 2.15. The molecular formula is C15H12ClN3O4S. The first-order chi connectivity index (χ1) is 11.4. The third kappa shape index (κ3) is 4.40. The zero-order valence-electron chi connectivity index (χ0n) is 12.4. The first-order valence-corrected chi connectivity index (χ1v) is 7.39. The van der Waals surface area contributed by atoms with E-state index in [1.807, 2.05) is 0 Å². The number of benzene rings is 2. The monoisotopic (exact) mass is 365 g/mol. The van der Waals surface area contributed by atoms with E-state index < -0.39 is 10.8 Å². The summed E-state index contributed by atoms with van der Waals surface area (Å²) < 4.78 is 4.95. The number of amides is 1. The maximum Gasteiger partial charge on any atom is 0.296 e. The topological polar surface area (TPSA) is 93.5 Å². The van der Waals surface area contributed by atoms with Crippen LogP contribution in [0, 0.1) is 10.1 Å². The van der Waals surface area contributed by atoms with Crippen molar-refractivity contribution < 1.29 is 14.5 Å². The lowest BCUT2D eigenvalue weighted by molar-refractivity contribution is -0.384. The van der Waals surface area contributed by atoms with E-state index in [1.54, 1.807) is 18.2 Å². The Labute approximate surface area is 147 Å². The number of nitro groups is 1. The Hall–Kier alpha value is -2.71. The normalized spacial score (nSPS) is 9.92. The zero-order chi connectivity index (χ0) is 17.7. The molecule has 0 aliphatic carbocycles. The van der Waals surface area contributed by atoms with Crippen molar-refractivity contribution in [1.29, 1.82) is 0 Å². The zero-order valence-corrected chi connectivity index (χ0v) is 14.0. The van der Waals surface area contributed by atoms with E-state index in [0.29, 0.717) is 16.3 Å². The molecule has 0 spiro atoms. The smallest absolute Gasteiger partial charge is 0.296 e. The fourth-order valence-electron chi connectivity index (χ4n) is 1.83. The highest BCUT2D eigenvalue weighted by atomic mass is 35.5. The van der Waals surface area contributed by atoms with Gasteiger partial charge in [-0.15, -0.1) is 0 Å². The highest BCUT2D eigenvalue weighted by Gasteiger charge is 2.17. The van der Waals surface area contributed by atoms with Crippen molar-refractivity contribution in [3.8, 4) is 5.75 Å². The minimum absolute atomic E-state index is 0.0665. The molecule has 24 heavy (non-hydrogen) atoms. The molecule has 2 aromatic rings. The van der Waals surface area contributed by atoms with Gasteiger partial charge in [0.15, 0.2) is 5.11 Å². The summed E-state index contributed by atoms with van der Waals surface area (Å²) in [4.78, 5) is 22.6. The van der Waals surface area contributed by atoms with Crippen LogP contribution in [-0.2, 0) is 0 Å². The highest BCUT2D eigenvalue weighted by molar-refractivity contribution is 7.80. The summed E-state index contributed by atoms with van der Waals surface area (Å²) in [5, 5.41) is 16.6. The summed E-state index contributed by atoms with van der Waals surface area (Å²) in [7, 11) is 1.41. The van der Waals surface area contributed by atoms with Crippen molar-refractivity contribution in [1.82, 2.24) is 5.32 Å². The van der Waals surface area contributed by atoms with Crippen molar-refractivity contribution in [2.75, 3.05) is 12.4 Å². The molecule has 0 aliphatic rings. The number of hydrogen-bond donors (Lipinski definition) is 2. The van der Waals surface area contributed by atoms with E-state index in [9.17, 15) is 14.9 Å². The standard InChI is InChI=1S/C15H12ClN3O4S/c1-23-11-6-7-12(13(8-11)19(21)22)17-15(24)18-14(20)9-2-4-10(16)5-3-9/h2-8H,1H3,(H2,17,18,20,24). The number of ether oxygens (including phenoxy) is 1. The van der Waals surface area contributed by atoms with E-state index in [2.05, 4.69) is 10.6 Å². The van der Waals surface area contributed by atoms with Gasteiger partial charge in [-0.05, 0) is 48.6 Å². The van der Waals surface area contributed by atoms with Gasteiger partial charge in [-0.2, -0.15) is 0 Å². The molecule has 0 unspecified atom stereocenters. The average Bonchev–Trinajstić information content (AvgIpc) is 2.55.